The lowest BCUT2D eigenvalue weighted by Gasteiger charge is -2.22. The van der Waals surface area contributed by atoms with Gasteiger partial charge in [-0.05, 0) is 23.6 Å². The van der Waals surface area contributed by atoms with E-state index in [1.807, 2.05) is 73.9 Å². The average molecular weight is 497 g/mol. The maximum Gasteiger partial charge on any atom is 0.193 e. The fourth-order valence-corrected chi connectivity index (χ4v) is 4.11. The normalized spacial score (nSPS) is 14.1. The van der Waals surface area contributed by atoms with Crippen molar-refractivity contribution < 1.29 is 4.79 Å². The lowest BCUT2D eigenvalue weighted by molar-refractivity contribution is 0.103. The van der Waals surface area contributed by atoms with Gasteiger partial charge in [0, 0.05) is 47.5 Å². The van der Waals surface area contributed by atoms with Crippen molar-refractivity contribution in [3.63, 3.8) is 0 Å². The molecule has 0 saturated heterocycles. The first kappa shape index (κ1) is 26.9. The van der Waals surface area contributed by atoms with Crippen LogP contribution in [0.2, 0.25) is 0 Å². The van der Waals surface area contributed by atoms with Crippen LogP contribution in [0.3, 0.4) is 0 Å². The fourth-order valence-electron chi connectivity index (χ4n) is 3.15. The largest absolute Gasteiger partial charge is 0.371 e. The molecule has 0 amide bonds. The van der Waals surface area contributed by atoms with Gasteiger partial charge in [0.05, 0.1) is 6.54 Å². The Balaban J connectivity index is 0.00000160. The second-order valence-electron chi connectivity index (χ2n) is 6.69. The molecule has 0 saturated carbocycles. The summed E-state index contributed by atoms with van der Waals surface area (Å²) in [7, 11) is 2.04. The van der Waals surface area contributed by atoms with Crippen LogP contribution < -0.4 is 10.2 Å². The predicted molar refractivity (Wildman–Crippen MR) is 137 cm³/mol. The van der Waals surface area contributed by atoms with Crippen molar-refractivity contribution in [1.82, 2.24) is 10.3 Å². The van der Waals surface area contributed by atoms with Crippen molar-refractivity contribution >= 4 is 60.5 Å². The smallest absolute Gasteiger partial charge is 0.193 e. The second-order valence-corrected chi connectivity index (χ2v) is 7.67. The quantitative estimate of drug-likeness (QED) is 0.431. The molecule has 164 valence electrons. The monoisotopic (exact) mass is 495 g/mol. The predicted octanol–water partition coefficient (Wildman–Crippen LogP) is 5.89. The maximum atomic E-state index is 12.7. The second kappa shape index (κ2) is 12.6. The van der Waals surface area contributed by atoms with Gasteiger partial charge in [-0.1, -0.05) is 48.5 Å². The van der Waals surface area contributed by atoms with Gasteiger partial charge in [-0.2, -0.15) is 0 Å². The van der Waals surface area contributed by atoms with E-state index in [0.717, 1.165) is 23.5 Å². The van der Waals surface area contributed by atoms with Gasteiger partial charge >= 0.3 is 0 Å². The molecule has 4 rings (SSSR count). The zero-order chi connectivity index (χ0) is 19.3. The summed E-state index contributed by atoms with van der Waals surface area (Å²) in [6.45, 7) is 0.743. The van der Waals surface area contributed by atoms with Gasteiger partial charge in [-0.25, -0.2) is 0 Å². The molecule has 0 spiro atoms. The van der Waals surface area contributed by atoms with Crippen LogP contribution >= 0.6 is 49.0 Å². The number of carbonyl (C=O) groups excluding carboxylic acids is 1. The van der Waals surface area contributed by atoms with Crippen LogP contribution in [0.5, 0.6) is 0 Å². The van der Waals surface area contributed by atoms with Gasteiger partial charge in [0.15, 0.2) is 5.78 Å². The minimum Gasteiger partial charge on any atom is -0.371 e. The molecule has 31 heavy (non-hydrogen) atoms. The van der Waals surface area contributed by atoms with E-state index in [9.17, 15) is 4.79 Å². The maximum absolute atomic E-state index is 12.7. The van der Waals surface area contributed by atoms with E-state index in [1.165, 1.54) is 0 Å². The van der Waals surface area contributed by atoms with E-state index in [1.54, 1.807) is 18.0 Å². The number of rotatable bonds is 6. The summed E-state index contributed by atoms with van der Waals surface area (Å²) in [4.78, 5) is 19.1. The van der Waals surface area contributed by atoms with Crippen LogP contribution in [-0.4, -0.2) is 24.4 Å². The highest BCUT2D eigenvalue weighted by atomic mass is 35.5. The van der Waals surface area contributed by atoms with Crippen LogP contribution in [-0.2, 0) is 0 Å². The molecule has 1 atom stereocenters. The minimum absolute atomic E-state index is 0. The molecule has 1 aromatic heterocycles. The van der Waals surface area contributed by atoms with Crippen molar-refractivity contribution in [3.8, 4) is 0 Å². The number of hydrogen-bond donors (Lipinski definition) is 1. The van der Waals surface area contributed by atoms with Crippen molar-refractivity contribution in [1.29, 1.82) is 0 Å². The Bertz CT molecular complexity index is 1000. The van der Waals surface area contributed by atoms with Gasteiger partial charge in [-0.15, -0.1) is 49.0 Å². The number of carbonyl (C=O) groups is 1. The van der Waals surface area contributed by atoms with Gasteiger partial charge in [0.2, 0.25) is 0 Å². The molecule has 0 fully saturated rings. The number of halogens is 3. The number of thioether (sulfide) groups is 1. The van der Waals surface area contributed by atoms with Gasteiger partial charge < -0.3 is 10.2 Å². The van der Waals surface area contributed by atoms with Crippen molar-refractivity contribution in [3.05, 3.63) is 107 Å². The number of aromatic nitrogens is 1. The number of likely N-dealkylation sites (N-methyl/N-ethyl adjacent to an activating group) is 1. The first-order valence-electron chi connectivity index (χ1n) is 9.12. The Labute approximate surface area is 205 Å². The van der Waals surface area contributed by atoms with Crippen LogP contribution in [0.1, 0.15) is 26.9 Å². The topological polar surface area (TPSA) is 45.2 Å². The lowest BCUT2D eigenvalue weighted by atomic mass is 10.0. The minimum atomic E-state index is 0. The first-order valence-corrected chi connectivity index (χ1v) is 10.1. The zero-order valence-electron chi connectivity index (χ0n) is 16.8. The highest BCUT2D eigenvalue weighted by molar-refractivity contribution is 8.02. The average Bonchev–Trinajstić information content (AvgIpc) is 3.23. The molecule has 0 radical (unpaired) electrons. The number of benzene rings is 2. The Kier molecular flexibility index (Phi) is 10.9. The van der Waals surface area contributed by atoms with Crippen molar-refractivity contribution in [2.24, 2.45) is 0 Å². The number of anilines is 1. The molecular weight excluding hydrogens is 473 g/mol. The number of ketones is 1. The highest BCUT2D eigenvalue weighted by Gasteiger charge is 2.19. The molecule has 2 aromatic carbocycles. The third-order valence-corrected chi connectivity index (χ3v) is 5.73. The fraction of sp³-hybridized carbons (Fsp3) is 0.130. The number of hydrogen-bond acceptors (Lipinski definition) is 5. The van der Waals surface area contributed by atoms with Gasteiger partial charge in [-0.3, -0.25) is 9.78 Å². The third-order valence-electron chi connectivity index (χ3n) is 4.64. The number of nitrogens with one attached hydrogen (secondary N) is 1. The summed E-state index contributed by atoms with van der Waals surface area (Å²) >= 11 is 1.75. The molecule has 0 aliphatic carbocycles. The van der Waals surface area contributed by atoms with E-state index in [2.05, 4.69) is 26.7 Å². The van der Waals surface area contributed by atoms with Crippen LogP contribution in [0.15, 0.2) is 90.2 Å². The number of nitrogens with zero attached hydrogens (tertiary/aromatic N) is 2. The molecule has 8 heteroatoms. The van der Waals surface area contributed by atoms with Gasteiger partial charge in [0.25, 0.3) is 0 Å². The summed E-state index contributed by atoms with van der Waals surface area (Å²) in [6, 6.07) is 21.2. The van der Waals surface area contributed by atoms with Crippen LogP contribution in [0.4, 0.5) is 5.69 Å². The standard InChI is InChI=1S/C23H21N3OS.3ClH/c1-26(15-20-16-28-23(25-20)19-10-6-12-24-14-19)21-11-5-9-18(13-21)22(27)17-7-3-2-4-8-17;;;/h2-14,16,23,25H,15H2,1H3;3*1H. The highest BCUT2D eigenvalue weighted by Crippen LogP contribution is 2.34. The van der Waals surface area contributed by atoms with E-state index < -0.39 is 0 Å². The van der Waals surface area contributed by atoms with E-state index in [4.69, 9.17) is 0 Å². The SMILES string of the molecule is CN(CC1=CSC(c2cccnc2)N1)c1cccc(C(=O)c2ccccc2)c1.Cl.Cl.Cl. The molecule has 1 unspecified atom stereocenters. The zero-order valence-corrected chi connectivity index (χ0v) is 20.1. The molecule has 0 bridgehead atoms. The molecule has 2 heterocycles. The molecule has 1 N–H and O–H groups in total. The van der Waals surface area contributed by atoms with E-state index in [-0.39, 0.29) is 48.4 Å². The van der Waals surface area contributed by atoms with Crippen LogP contribution in [0, 0.1) is 0 Å². The molecule has 4 nitrogen and oxygen atoms in total. The summed E-state index contributed by atoms with van der Waals surface area (Å²) < 4.78 is 0. The summed E-state index contributed by atoms with van der Waals surface area (Å²) in [6.07, 6.45) is 3.68. The number of pyridine rings is 1. The molecule has 1 aliphatic heterocycles. The Morgan fingerprint density at radius 2 is 1.74 bits per heavy atom. The van der Waals surface area contributed by atoms with Crippen LogP contribution in [0.25, 0.3) is 0 Å². The summed E-state index contributed by atoms with van der Waals surface area (Å²) in [5.74, 6) is 0.0428. The van der Waals surface area contributed by atoms with E-state index >= 15 is 0 Å². The Morgan fingerprint density at radius 1 is 1.00 bits per heavy atom. The van der Waals surface area contributed by atoms with Crippen molar-refractivity contribution in [2.45, 2.75) is 5.37 Å². The van der Waals surface area contributed by atoms with E-state index in [0.29, 0.717) is 11.1 Å². The first-order chi connectivity index (χ1) is 13.7. The molecule has 1 aliphatic rings. The summed E-state index contributed by atoms with van der Waals surface area (Å²) in [5, 5.41) is 5.90. The van der Waals surface area contributed by atoms with Crippen molar-refractivity contribution in [2.75, 3.05) is 18.5 Å². The summed E-state index contributed by atoms with van der Waals surface area (Å²) in [5.41, 5.74) is 4.74. The van der Waals surface area contributed by atoms with Gasteiger partial charge in [0.1, 0.15) is 5.37 Å². The Hall–Kier alpha value is -2.18. The lowest BCUT2D eigenvalue weighted by Crippen LogP contribution is -2.26. The molecule has 3 aromatic rings. The third kappa shape index (κ3) is 6.65. The Morgan fingerprint density at radius 3 is 2.45 bits per heavy atom. The molecular formula is C23H24Cl3N3OS.